The molecule has 0 aromatic heterocycles. The summed E-state index contributed by atoms with van der Waals surface area (Å²) in [6, 6.07) is 3.29. The van der Waals surface area contributed by atoms with Gasteiger partial charge in [-0.2, -0.15) is 0 Å². The predicted molar refractivity (Wildman–Crippen MR) is 140 cm³/mol. The molecular weight excluding hydrogens is 388 g/mol. The van der Waals surface area contributed by atoms with Crippen LogP contribution in [0.5, 0.6) is 0 Å². The largest absolute Gasteiger partial charge is 0.103 e. The van der Waals surface area contributed by atoms with Crippen molar-refractivity contribution < 1.29 is 0 Å². The summed E-state index contributed by atoms with van der Waals surface area (Å²) in [5, 5.41) is 0. The number of hydrogen-bond donors (Lipinski definition) is 0. The van der Waals surface area contributed by atoms with Gasteiger partial charge in [0, 0.05) is 0 Å². The van der Waals surface area contributed by atoms with Crippen LogP contribution in [-0.2, 0) is 0 Å². The molecule has 0 N–H and O–H groups in total. The number of hydrogen-bond acceptors (Lipinski definition) is 0. The lowest BCUT2D eigenvalue weighted by Crippen LogP contribution is -2.48. The quantitative estimate of drug-likeness (QED) is 0.234. The van der Waals surface area contributed by atoms with Gasteiger partial charge in [-0.25, -0.2) is 0 Å². The van der Waals surface area contributed by atoms with Crippen molar-refractivity contribution in [2.75, 3.05) is 0 Å². The Labute approximate surface area is 195 Å². The van der Waals surface area contributed by atoms with Gasteiger partial charge in [0.25, 0.3) is 0 Å². The van der Waals surface area contributed by atoms with E-state index in [1.807, 2.05) is 0 Å². The molecule has 176 valence electrons. The van der Waals surface area contributed by atoms with Crippen molar-refractivity contribution in [2.45, 2.75) is 127 Å². The molecule has 4 aliphatic rings. The first-order valence-electron chi connectivity index (χ1n) is 14.4. The molecule has 0 amide bonds. The second-order valence-corrected chi connectivity index (χ2v) is 17.2. The van der Waals surface area contributed by atoms with Gasteiger partial charge in [-0.05, 0) is 85.1 Å². The van der Waals surface area contributed by atoms with E-state index in [0.29, 0.717) is 0 Å². The Balaban J connectivity index is 1.71. The zero-order chi connectivity index (χ0) is 21.8. The summed E-state index contributed by atoms with van der Waals surface area (Å²) in [6.45, 7) is 13.4. The standard InChI is InChI=1S/C30H52Si/c1-5-13-23-21-29(27-17-11-9-15-25(23)27)31(19-7-3,20-8-4)30-22-24(14-6-2)26-16-10-12-18-28(26)30/h5-6,23-30H,1-2,7-22H2,3-4H3. The molecule has 8 atom stereocenters. The fourth-order valence-electron chi connectivity index (χ4n) is 10.3. The first kappa shape index (κ1) is 23.8. The summed E-state index contributed by atoms with van der Waals surface area (Å²) in [7, 11) is -1.36. The number of allylic oxidation sites excluding steroid dienone is 2. The fourth-order valence-corrected chi connectivity index (χ4v) is 18.5. The third kappa shape index (κ3) is 4.43. The van der Waals surface area contributed by atoms with Gasteiger partial charge in [0.1, 0.15) is 0 Å². The van der Waals surface area contributed by atoms with Gasteiger partial charge in [-0.15, -0.1) is 13.2 Å². The van der Waals surface area contributed by atoms with E-state index in [0.717, 1.165) is 46.6 Å². The second kappa shape index (κ2) is 10.7. The third-order valence-electron chi connectivity index (χ3n) is 11.0. The third-order valence-corrected chi connectivity index (χ3v) is 18.1. The molecule has 0 bridgehead atoms. The van der Waals surface area contributed by atoms with Crippen molar-refractivity contribution >= 4 is 8.07 Å². The Bertz CT molecular complexity index is 541. The minimum atomic E-state index is -1.36. The first-order valence-corrected chi connectivity index (χ1v) is 17.0. The van der Waals surface area contributed by atoms with E-state index >= 15 is 0 Å². The summed E-state index contributed by atoms with van der Waals surface area (Å²) in [5.41, 5.74) is 2.27. The highest BCUT2D eigenvalue weighted by Gasteiger charge is 2.59. The average molecular weight is 441 g/mol. The summed E-state index contributed by atoms with van der Waals surface area (Å²) in [5.74, 6) is 6.21. The Morgan fingerprint density at radius 1 is 0.645 bits per heavy atom. The van der Waals surface area contributed by atoms with Crippen LogP contribution in [0, 0.1) is 35.5 Å². The van der Waals surface area contributed by atoms with Crippen LogP contribution in [0.15, 0.2) is 25.3 Å². The number of fused-ring (bicyclic) bond motifs is 2. The molecule has 0 nitrogen and oxygen atoms in total. The molecule has 0 heterocycles. The minimum absolute atomic E-state index is 0.973. The maximum absolute atomic E-state index is 4.19. The van der Waals surface area contributed by atoms with Crippen LogP contribution in [0.1, 0.15) is 104 Å². The van der Waals surface area contributed by atoms with Gasteiger partial charge < -0.3 is 0 Å². The summed E-state index contributed by atoms with van der Waals surface area (Å²) in [6.07, 6.45) is 25.5. The van der Waals surface area contributed by atoms with E-state index < -0.39 is 8.07 Å². The van der Waals surface area contributed by atoms with Gasteiger partial charge in [-0.3, -0.25) is 0 Å². The molecule has 0 spiro atoms. The van der Waals surface area contributed by atoms with Gasteiger partial charge in [0.2, 0.25) is 0 Å². The van der Waals surface area contributed by atoms with Gasteiger partial charge in [-0.1, -0.05) is 89.5 Å². The maximum Gasteiger partial charge on any atom is 0.0603 e. The summed E-state index contributed by atoms with van der Waals surface area (Å²) in [4.78, 5) is 0. The van der Waals surface area contributed by atoms with Gasteiger partial charge in [0.05, 0.1) is 8.07 Å². The molecule has 0 aliphatic heterocycles. The molecular formula is C30H52Si. The van der Waals surface area contributed by atoms with Crippen LogP contribution < -0.4 is 0 Å². The van der Waals surface area contributed by atoms with Crippen LogP contribution in [0.3, 0.4) is 0 Å². The fraction of sp³-hybridized carbons (Fsp3) is 0.867. The molecule has 0 aromatic rings. The molecule has 1 heteroatoms. The van der Waals surface area contributed by atoms with E-state index in [-0.39, 0.29) is 0 Å². The maximum atomic E-state index is 4.19. The lowest BCUT2D eigenvalue weighted by molar-refractivity contribution is 0.221. The van der Waals surface area contributed by atoms with Crippen LogP contribution >= 0.6 is 0 Å². The summed E-state index contributed by atoms with van der Waals surface area (Å²) < 4.78 is 0. The summed E-state index contributed by atoms with van der Waals surface area (Å²) >= 11 is 0. The molecule has 31 heavy (non-hydrogen) atoms. The molecule has 0 radical (unpaired) electrons. The van der Waals surface area contributed by atoms with Crippen molar-refractivity contribution in [1.82, 2.24) is 0 Å². The van der Waals surface area contributed by atoms with Crippen LogP contribution in [0.25, 0.3) is 0 Å². The van der Waals surface area contributed by atoms with E-state index in [1.54, 1.807) is 37.8 Å². The van der Waals surface area contributed by atoms with Gasteiger partial charge >= 0.3 is 0 Å². The van der Waals surface area contributed by atoms with Crippen molar-refractivity contribution in [2.24, 2.45) is 35.5 Å². The molecule has 4 aliphatic carbocycles. The predicted octanol–water partition coefficient (Wildman–Crippen LogP) is 9.80. The van der Waals surface area contributed by atoms with Crippen LogP contribution in [-0.4, -0.2) is 8.07 Å². The smallest absolute Gasteiger partial charge is 0.0603 e. The van der Waals surface area contributed by atoms with Crippen LogP contribution in [0.2, 0.25) is 23.2 Å². The van der Waals surface area contributed by atoms with E-state index in [1.165, 1.54) is 64.2 Å². The average Bonchev–Trinajstić information content (AvgIpc) is 3.34. The highest BCUT2D eigenvalue weighted by Crippen LogP contribution is 2.66. The topological polar surface area (TPSA) is 0 Å². The molecule has 8 unspecified atom stereocenters. The minimum Gasteiger partial charge on any atom is -0.103 e. The van der Waals surface area contributed by atoms with E-state index in [2.05, 4.69) is 39.2 Å². The molecule has 4 rings (SSSR count). The zero-order valence-corrected chi connectivity index (χ0v) is 22.0. The highest BCUT2D eigenvalue weighted by molar-refractivity contribution is 6.82. The molecule has 0 saturated heterocycles. The molecule has 0 aromatic carbocycles. The van der Waals surface area contributed by atoms with Crippen molar-refractivity contribution in [3.05, 3.63) is 25.3 Å². The molecule has 4 fully saturated rings. The number of rotatable bonds is 10. The lowest BCUT2D eigenvalue weighted by atomic mass is 9.77. The van der Waals surface area contributed by atoms with E-state index in [4.69, 9.17) is 0 Å². The van der Waals surface area contributed by atoms with Crippen molar-refractivity contribution in [3.8, 4) is 0 Å². The lowest BCUT2D eigenvalue weighted by Gasteiger charge is -2.49. The Hall–Kier alpha value is -0.303. The Morgan fingerprint density at radius 2 is 1.03 bits per heavy atom. The normalized spacial score (nSPS) is 40.3. The zero-order valence-electron chi connectivity index (χ0n) is 21.0. The van der Waals surface area contributed by atoms with Gasteiger partial charge in [0.15, 0.2) is 0 Å². The Morgan fingerprint density at radius 3 is 1.39 bits per heavy atom. The highest BCUT2D eigenvalue weighted by atomic mass is 28.3. The SMILES string of the molecule is C=CCC1CC([Si](CCC)(CCC)C2CC(CC=C)C3CCCCC32)C2CCCCC12. The van der Waals surface area contributed by atoms with Crippen LogP contribution in [0.4, 0.5) is 0 Å². The monoisotopic (exact) mass is 440 g/mol. The van der Waals surface area contributed by atoms with Crippen molar-refractivity contribution in [1.29, 1.82) is 0 Å². The van der Waals surface area contributed by atoms with Crippen molar-refractivity contribution in [3.63, 3.8) is 0 Å². The first-order chi connectivity index (χ1) is 15.2. The Kier molecular flexibility index (Phi) is 8.27. The second-order valence-electron chi connectivity index (χ2n) is 12.2. The van der Waals surface area contributed by atoms with E-state index in [9.17, 15) is 0 Å². The molecule has 4 saturated carbocycles.